The van der Waals surface area contributed by atoms with Gasteiger partial charge in [0.25, 0.3) is 0 Å². The van der Waals surface area contributed by atoms with Crippen LogP contribution in [0.4, 0.5) is 10.5 Å². The van der Waals surface area contributed by atoms with Crippen molar-refractivity contribution in [2.24, 2.45) is 0 Å². The number of nitrogens with one attached hydrogen (secondary N) is 1. The molecule has 0 spiro atoms. The van der Waals surface area contributed by atoms with E-state index in [-0.39, 0.29) is 11.4 Å². The Hall–Kier alpha value is -2.45. The van der Waals surface area contributed by atoms with Gasteiger partial charge in [0, 0.05) is 24.6 Å². The number of hydrogen-bond donors (Lipinski definition) is 1. The van der Waals surface area contributed by atoms with Crippen molar-refractivity contribution in [2.45, 2.75) is 11.4 Å². The number of rotatable bonds is 5. The first kappa shape index (κ1) is 15.4. The third kappa shape index (κ3) is 3.49. The number of ether oxygens (including phenoxy) is 1. The number of carbonyl (C=O) groups is 1. The first-order valence-corrected chi connectivity index (χ1v) is 8.47. The Balaban J connectivity index is 1.71. The highest BCUT2D eigenvalue weighted by molar-refractivity contribution is 7.89. The topological polar surface area (TPSA) is 88.6 Å². The molecule has 1 saturated heterocycles. The molecule has 1 amide bonds. The summed E-state index contributed by atoms with van der Waals surface area (Å²) in [6.07, 6.45) is 2.81. The van der Waals surface area contributed by atoms with E-state index in [2.05, 4.69) is 9.71 Å². The number of aromatic nitrogens is 1. The first-order chi connectivity index (χ1) is 11.1. The number of benzene rings is 1. The van der Waals surface area contributed by atoms with Crippen molar-refractivity contribution in [2.75, 3.05) is 18.1 Å². The van der Waals surface area contributed by atoms with E-state index in [0.717, 1.165) is 5.56 Å². The summed E-state index contributed by atoms with van der Waals surface area (Å²) < 4.78 is 31.9. The molecule has 0 atom stereocenters. The van der Waals surface area contributed by atoms with Crippen molar-refractivity contribution in [1.29, 1.82) is 0 Å². The molecule has 8 heteroatoms. The SMILES string of the molecule is O=C1OCCN1c1ccc(S(=O)(=O)NCc2cccnc2)cc1. The van der Waals surface area contributed by atoms with Crippen LogP contribution in [-0.4, -0.2) is 32.6 Å². The summed E-state index contributed by atoms with van der Waals surface area (Å²) in [5.74, 6) is 0. The molecule has 1 aromatic carbocycles. The lowest BCUT2D eigenvalue weighted by Gasteiger charge is -2.13. The molecule has 120 valence electrons. The van der Waals surface area contributed by atoms with E-state index >= 15 is 0 Å². The molecule has 2 heterocycles. The minimum absolute atomic E-state index is 0.137. The highest BCUT2D eigenvalue weighted by Crippen LogP contribution is 2.21. The fourth-order valence-electron chi connectivity index (χ4n) is 2.20. The van der Waals surface area contributed by atoms with E-state index in [1.165, 1.54) is 17.0 Å². The van der Waals surface area contributed by atoms with E-state index in [1.807, 2.05) is 0 Å². The third-order valence-electron chi connectivity index (χ3n) is 3.41. The van der Waals surface area contributed by atoms with Crippen LogP contribution in [0, 0.1) is 0 Å². The monoisotopic (exact) mass is 333 g/mol. The van der Waals surface area contributed by atoms with E-state index in [9.17, 15) is 13.2 Å². The smallest absolute Gasteiger partial charge is 0.414 e. The Morgan fingerprint density at radius 2 is 2.00 bits per heavy atom. The largest absolute Gasteiger partial charge is 0.447 e. The molecule has 1 aliphatic rings. The lowest BCUT2D eigenvalue weighted by Crippen LogP contribution is -2.24. The van der Waals surface area contributed by atoms with Crippen molar-refractivity contribution >= 4 is 21.8 Å². The number of anilines is 1. The van der Waals surface area contributed by atoms with Gasteiger partial charge in [0.15, 0.2) is 0 Å². The molecule has 23 heavy (non-hydrogen) atoms. The fraction of sp³-hybridized carbons (Fsp3) is 0.200. The zero-order valence-corrected chi connectivity index (χ0v) is 13.0. The van der Waals surface area contributed by atoms with Gasteiger partial charge in [0.05, 0.1) is 11.4 Å². The molecular formula is C15H15N3O4S. The number of cyclic esters (lactones) is 1. The number of nitrogens with zero attached hydrogens (tertiary/aromatic N) is 2. The number of sulfonamides is 1. The van der Waals surface area contributed by atoms with Crippen LogP contribution in [0.25, 0.3) is 0 Å². The van der Waals surface area contributed by atoms with E-state index in [4.69, 9.17) is 4.74 Å². The van der Waals surface area contributed by atoms with Crippen LogP contribution in [0.1, 0.15) is 5.56 Å². The Morgan fingerprint density at radius 3 is 2.61 bits per heavy atom. The maximum Gasteiger partial charge on any atom is 0.414 e. The Labute approximate surface area is 134 Å². The second-order valence-corrected chi connectivity index (χ2v) is 6.71. The normalized spacial score (nSPS) is 14.8. The van der Waals surface area contributed by atoms with Gasteiger partial charge in [-0.05, 0) is 35.9 Å². The molecule has 0 radical (unpaired) electrons. The first-order valence-electron chi connectivity index (χ1n) is 6.99. The zero-order valence-electron chi connectivity index (χ0n) is 12.2. The van der Waals surface area contributed by atoms with Crippen LogP contribution in [0.15, 0.2) is 53.7 Å². The lowest BCUT2D eigenvalue weighted by molar-refractivity contribution is 0.181. The fourth-order valence-corrected chi connectivity index (χ4v) is 3.22. The van der Waals surface area contributed by atoms with Crippen molar-refractivity contribution in [3.8, 4) is 0 Å². The van der Waals surface area contributed by atoms with Crippen LogP contribution >= 0.6 is 0 Å². The predicted octanol–water partition coefficient (Wildman–Crippen LogP) is 1.52. The van der Waals surface area contributed by atoms with Crippen LogP contribution in [0.5, 0.6) is 0 Å². The summed E-state index contributed by atoms with van der Waals surface area (Å²) >= 11 is 0. The summed E-state index contributed by atoms with van der Waals surface area (Å²) in [6.45, 7) is 0.964. The van der Waals surface area contributed by atoms with Crippen molar-refractivity contribution in [3.05, 3.63) is 54.4 Å². The molecule has 3 rings (SSSR count). The Morgan fingerprint density at radius 1 is 1.22 bits per heavy atom. The van der Waals surface area contributed by atoms with Gasteiger partial charge in [-0.25, -0.2) is 17.9 Å². The second-order valence-electron chi connectivity index (χ2n) is 4.95. The Bertz CT molecular complexity index is 791. The summed E-state index contributed by atoms with van der Waals surface area (Å²) in [6, 6.07) is 9.64. The van der Waals surface area contributed by atoms with Crippen LogP contribution in [0.3, 0.4) is 0 Å². The number of amides is 1. The molecule has 0 saturated carbocycles. The standard InChI is InChI=1S/C15H15N3O4S/c19-15-18(8-9-22-15)13-3-5-14(6-4-13)23(20,21)17-11-12-2-1-7-16-10-12/h1-7,10,17H,8-9,11H2. The summed E-state index contributed by atoms with van der Waals surface area (Å²) in [4.78, 5) is 17.0. The van der Waals surface area contributed by atoms with Gasteiger partial charge in [-0.15, -0.1) is 0 Å². The number of carbonyl (C=O) groups excluding carboxylic acids is 1. The molecule has 1 N–H and O–H groups in total. The molecule has 1 aliphatic heterocycles. The van der Waals surface area contributed by atoms with Crippen molar-refractivity contribution in [1.82, 2.24) is 9.71 Å². The van der Waals surface area contributed by atoms with Gasteiger partial charge < -0.3 is 4.74 Å². The van der Waals surface area contributed by atoms with Gasteiger partial charge in [0.2, 0.25) is 10.0 Å². The van der Waals surface area contributed by atoms with Crippen LogP contribution in [-0.2, 0) is 21.3 Å². The average Bonchev–Trinajstić information content (AvgIpc) is 3.00. The molecular weight excluding hydrogens is 318 g/mol. The quantitative estimate of drug-likeness (QED) is 0.896. The average molecular weight is 333 g/mol. The number of hydrogen-bond acceptors (Lipinski definition) is 5. The second kappa shape index (κ2) is 6.35. The summed E-state index contributed by atoms with van der Waals surface area (Å²) in [5, 5.41) is 0. The van der Waals surface area contributed by atoms with Gasteiger partial charge in [-0.2, -0.15) is 0 Å². The van der Waals surface area contributed by atoms with Crippen LogP contribution < -0.4 is 9.62 Å². The maximum atomic E-state index is 12.3. The number of pyridine rings is 1. The van der Waals surface area contributed by atoms with E-state index < -0.39 is 16.1 Å². The molecule has 1 aromatic heterocycles. The molecule has 0 aliphatic carbocycles. The van der Waals surface area contributed by atoms with Crippen LogP contribution in [0.2, 0.25) is 0 Å². The van der Waals surface area contributed by atoms with Gasteiger partial charge in [-0.1, -0.05) is 6.07 Å². The highest BCUT2D eigenvalue weighted by atomic mass is 32.2. The van der Waals surface area contributed by atoms with Crippen molar-refractivity contribution in [3.63, 3.8) is 0 Å². The molecule has 7 nitrogen and oxygen atoms in total. The zero-order chi connectivity index (χ0) is 16.3. The molecule has 0 unspecified atom stereocenters. The summed E-state index contributed by atoms with van der Waals surface area (Å²) in [7, 11) is -3.62. The minimum atomic E-state index is -3.62. The van der Waals surface area contributed by atoms with E-state index in [1.54, 1.807) is 36.7 Å². The highest BCUT2D eigenvalue weighted by Gasteiger charge is 2.24. The molecule has 2 aromatic rings. The molecule has 1 fully saturated rings. The van der Waals surface area contributed by atoms with E-state index in [0.29, 0.717) is 18.8 Å². The molecule has 0 bridgehead atoms. The predicted molar refractivity (Wildman–Crippen MR) is 83.4 cm³/mol. The summed E-state index contributed by atoms with van der Waals surface area (Å²) in [5.41, 5.74) is 1.38. The van der Waals surface area contributed by atoms with Crippen molar-refractivity contribution < 1.29 is 17.9 Å². The Kier molecular flexibility index (Phi) is 4.26. The maximum absolute atomic E-state index is 12.3. The van der Waals surface area contributed by atoms with Gasteiger partial charge in [-0.3, -0.25) is 9.88 Å². The van der Waals surface area contributed by atoms with Gasteiger partial charge >= 0.3 is 6.09 Å². The van der Waals surface area contributed by atoms with Gasteiger partial charge in [0.1, 0.15) is 6.61 Å². The third-order valence-corrected chi connectivity index (χ3v) is 4.83. The minimum Gasteiger partial charge on any atom is -0.447 e. The lowest BCUT2D eigenvalue weighted by atomic mass is 10.3.